The first-order chi connectivity index (χ1) is 15.9. The molecule has 0 bridgehead atoms. The standard InChI is InChI=1S/C28H42O5/c1-4-6-7-18(5-2)27(31)32-17-26(30)33-25-13-12-24-23-10-8-19-16-20(29)9-11-21(19)22(23)14-15-28(24,25)3/h16,18,21-25H,4-15,17H2,1-3H3/t18?,21-,22+,23+,24-,25-,28-/m0/s1. The van der Waals surface area contributed by atoms with Crippen LogP contribution in [0, 0.1) is 35.0 Å². The summed E-state index contributed by atoms with van der Waals surface area (Å²) in [6.07, 6.45) is 13.7. The Morgan fingerprint density at radius 3 is 2.67 bits per heavy atom. The minimum absolute atomic E-state index is 0.0135. The minimum atomic E-state index is -0.401. The molecule has 33 heavy (non-hydrogen) atoms. The van der Waals surface area contributed by atoms with Crippen LogP contribution in [0.1, 0.15) is 97.8 Å². The van der Waals surface area contributed by atoms with Crippen LogP contribution in [0.5, 0.6) is 0 Å². The zero-order valence-electron chi connectivity index (χ0n) is 20.8. The zero-order valence-corrected chi connectivity index (χ0v) is 20.8. The molecule has 184 valence electrons. The average Bonchev–Trinajstić information content (AvgIpc) is 3.13. The van der Waals surface area contributed by atoms with Crippen molar-refractivity contribution in [2.45, 2.75) is 104 Å². The normalized spacial score (nSPS) is 36.2. The summed E-state index contributed by atoms with van der Waals surface area (Å²) in [4.78, 5) is 36.9. The number of ether oxygens (including phenoxy) is 2. The predicted octanol–water partition coefficient (Wildman–Crippen LogP) is 5.80. The number of carbonyl (C=O) groups is 3. The first-order valence-electron chi connectivity index (χ1n) is 13.5. The molecule has 0 amide bonds. The lowest BCUT2D eigenvalue weighted by atomic mass is 9.52. The molecular formula is C28H42O5. The van der Waals surface area contributed by atoms with E-state index in [1.54, 1.807) is 0 Å². The second-order valence-electron chi connectivity index (χ2n) is 11.3. The first kappa shape index (κ1) is 24.5. The highest BCUT2D eigenvalue weighted by molar-refractivity contribution is 5.91. The maximum absolute atomic E-state index is 12.6. The van der Waals surface area contributed by atoms with E-state index < -0.39 is 5.97 Å². The highest BCUT2D eigenvalue weighted by atomic mass is 16.6. The van der Waals surface area contributed by atoms with Crippen LogP contribution in [0.15, 0.2) is 11.6 Å². The fourth-order valence-electron chi connectivity index (χ4n) is 7.71. The predicted molar refractivity (Wildman–Crippen MR) is 126 cm³/mol. The maximum Gasteiger partial charge on any atom is 0.344 e. The molecule has 4 aliphatic rings. The third kappa shape index (κ3) is 4.93. The summed E-state index contributed by atoms with van der Waals surface area (Å²) in [5.74, 6) is 2.04. The van der Waals surface area contributed by atoms with Crippen molar-refractivity contribution >= 4 is 17.7 Å². The molecule has 0 radical (unpaired) electrons. The molecule has 0 N–H and O–H groups in total. The van der Waals surface area contributed by atoms with Crippen LogP contribution in [-0.4, -0.2) is 30.4 Å². The quantitative estimate of drug-likeness (QED) is 0.430. The average molecular weight is 459 g/mol. The molecule has 0 spiro atoms. The van der Waals surface area contributed by atoms with E-state index in [1.807, 2.05) is 13.0 Å². The molecule has 0 aromatic rings. The summed E-state index contributed by atoms with van der Waals surface area (Å²) in [6, 6.07) is 0. The van der Waals surface area contributed by atoms with Gasteiger partial charge in [-0.05, 0) is 87.5 Å². The van der Waals surface area contributed by atoms with Gasteiger partial charge in [0.15, 0.2) is 12.4 Å². The van der Waals surface area contributed by atoms with E-state index in [2.05, 4.69) is 13.8 Å². The summed E-state index contributed by atoms with van der Waals surface area (Å²) < 4.78 is 11.3. The summed E-state index contributed by atoms with van der Waals surface area (Å²) in [7, 11) is 0. The van der Waals surface area contributed by atoms with Crippen LogP contribution in [0.25, 0.3) is 0 Å². The summed E-state index contributed by atoms with van der Waals surface area (Å²) >= 11 is 0. The van der Waals surface area contributed by atoms with Crippen molar-refractivity contribution in [2.24, 2.45) is 35.0 Å². The van der Waals surface area contributed by atoms with Gasteiger partial charge in [0.05, 0.1) is 5.92 Å². The van der Waals surface area contributed by atoms with Crippen LogP contribution in [0.2, 0.25) is 0 Å². The second-order valence-corrected chi connectivity index (χ2v) is 11.3. The largest absolute Gasteiger partial charge is 0.459 e. The number of ketones is 1. The highest BCUT2D eigenvalue weighted by Gasteiger charge is 2.57. The zero-order chi connectivity index (χ0) is 23.6. The number of hydrogen-bond donors (Lipinski definition) is 0. The van der Waals surface area contributed by atoms with E-state index in [1.165, 1.54) is 5.57 Å². The third-order valence-electron chi connectivity index (χ3n) is 9.55. The van der Waals surface area contributed by atoms with Crippen molar-refractivity contribution < 1.29 is 23.9 Å². The fourth-order valence-corrected chi connectivity index (χ4v) is 7.71. The van der Waals surface area contributed by atoms with Gasteiger partial charge in [0.25, 0.3) is 0 Å². The molecule has 0 aromatic carbocycles. The maximum atomic E-state index is 12.6. The Morgan fingerprint density at radius 2 is 1.91 bits per heavy atom. The van der Waals surface area contributed by atoms with E-state index in [9.17, 15) is 14.4 Å². The van der Waals surface area contributed by atoms with Gasteiger partial charge in [0.2, 0.25) is 0 Å². The van der Waals surface area contributed by atoms with Crippen molar-refractivity contribution in [1.29, 1.82) is 0 Å². The van der Waals surface area contributed by atoms with Gasteiger partial charge in [-0.3, -0.25) is 9.59 Å². The molecule has 3 saturated carbocycles. The highest BCUT2D eigenvalue weighted by Crippen LogP contribution is 2.62. The van der Waals surface area contributed by atoms with E-state index in [-0.39, 0.29) is 30.0 Å². The van der Waals surface area contributed by atoms with Gasteiger partial charge < -0.3 is 9.47 Å². The minimum Gasteiger partial charge on any atom is -0.459 e. The van der Waals surface area contributed by atoms with Crippen molar-refractivity contribution in [3.63, 3.8) is 0 Å². The molecule has 3 fully saturated rings. The van der Waals surface area contributed by atoms with Gasteiger partial charge in [-0.1, -0.05) is 39.2 Å². The van der Waals surface area contributed by atoms with Crippen molar-refractivity contribution in [3.8, 4) is 0 Å². The van der Waals surface area contributed by atoms with E-state index >= 15 is 0 Å². The van der Waals surface area contributed by atoms with Crippen LogP contribution in [-0.2, 0) is 23.9 Å². The molecular weight excluding hydrogens is 416 g/mol. The van der Waals surface area contributed by atoms with Crippen LogP contribution < -0.4 is 0 Å². The molecule has 0 saturated heterocycles. The Morgan fingerprint density at radius 1 is 1.09 bits per heavy atom. The van der Waals surface area contributed by atoms with Crippen LogP contribution in [0.3, 0.4) is 0 Å². The summed E-state index contributed by atoms with van der Waals surface area (Å²) in [5.41, 5.74) is 1.42. The molecule has 0 aromatic heterocycles. The monoisotopic (exact) mass is 458 g/mol. The molecule has 0 heterocycles. The van der Waals surface area contributed by atoms with Crippen molar-refractivity contribution in [1.82, 2.24) is 0 Å². The molecule has 5 heteroatoms. The number of esters is 2. The molecule has 0 aliphatic heterocycles. The number of allylic oxidation sites excluding steroid dienone is 1. The lowest BCUT2D eigenvalue weighted by molar-refractivity contribution is -0.170. The molecule has 5 nitrogen and oxygen atoms in total. The topological polar surface area (TPSA) is 69.7 Å². The van der Waals surface area contributed by atoms with Gasteiger partial charge in [-0.15, -0.1) is 0 Å². The van der Waals surface area contributed by atoms with Gasteiger partial charge in [-0.2, -0.15) is 0 Å². The lowest BCUT2D eigenvalue weighted by Crippen LogP contribution is -2.48. The molecule has 4 aliphatic carbocycles. The van der Waals surface area contributed by atoms with E-state index in [0.717, 1.165) is 70.6 Å². The number of rotatable bonds is 8. The van der Waals surface area contributed by atoms with Crippen molar-refractivity contribution in [2.75, 3.05) is 6.61 Å². The fraction of sp³-hybridized carbons (Fsp3) is 0.821. The SMILES string of the molecule is CCCCC(CC)C(=O)OCC(=O)O[C@H]1CC[C@H]2[C@@H]3CCC4=CC(=O)CC[C@@H]4[C@H]3CC[C@]12C. The van der Waals surface area contributed by atoms with Crippen LogP contribution >= 0.6 is 0 Å². The van der Waals surface area contributed by atoms with Gasteiger partial charge in [0.1, 0.15) is 6.10 Å². The Hall–Kier alpha value is -1.65. The van der Waals surface area contributed by atoms with E-state index in [4.69, 9.17) is 9.47 Å². The van der Waals surface area contributed by atoms with E-state index in [0.29, 0.717) is 35.9 Å². The van der Waals surface area contributed by atoms with Crippen molar-refractivity contribution in [3.05, 3.63) is 11.6 Å². The van der Waals surface area contributed by atoms with Gasteiger partial charge >= 0.3 is 11.9 Å². The number of unbranched alkanes of at least 4 members (excludes halogenated alkanes) is 1. The third-order valence-corrected chi connectivity index (χ3v) is 9.55. The molecule has 1 unspecified atom stereocenters. The molecule has 4 rings (SSSR count). The number of carbonyl (C=O) groups excluding carboxylic acids is 3. The van der Waals surface area contributed by atoms with Gasteiger partial charge in [-0.25, -0.2) is 4.79 Å². The Bertz CT molecular complexity index is 785. The van der Waals surface area contributed by atoms with Crippen LogP contribution in [0.4, 0.5) is 0 Å². The Kier molecular flexibility index (Phi) is 7.65. The second kappa shape index (κ2) is 10.3. The Balaban J connectivity index is 1.33. The summed E-state index contributed by atoms with van der Waals surface area (Å²) in [6.45, 7) is 6.15. The smallest absolute Gasteiger partial charge is 0.344 e. The number of fused-ring (bicyclic) bond motifs is 5. The van der Waals surface area contributed by atoms with Gasteiger partial charge in [0, 0.05) is 11.8 Å². The Labute approximate surface area is 199 Å². The lowest BCUT2D eigenvalue weighted by Gasteiger charge is -2.53. The molecule has 7 atom stereocenters. The number of hydrogen-bond acceptors (Lipinski definition) is 5. The summed E-state index contributed by atoms with van der Waals surface area (Å²) in [5, 5.41) is 0. The first-order valence-corrected chi connectivity index (χ1v) is 13.5.